The largest absolute Gasteiger partial charge is 0.369 e. The molecular weight excluding hydrogens is 194 g/mol. The molecule has 1 radical (unpaired) electrons. The van der Waals surface area contributed by atoms with Crippen LogP contribution in [0.2, 0.25) is 0 Å². The Hall–Kier alpha value is -0.960. The van der Waals surface area contributed by atoms with E-state index >= 15 is 0 Å². The lowest BCUT2D eigenvalue weighted by molar-refractivity contribution is 0.562. The second kappa shape index (κ2) is 4.51. The number of benzene rings is 1. The number of nitrogens with zero attached hydrogens (tertiary/aromatic N) is 1. The Morgan fingerprint density at radius 3 is 2.64 bits per heavy atom. The molecule has 2 rings (SSSR count). The Balaban J connectivity index is 2.24. The monoisotopic (exact) mass is 206 g/mol. The van der Waals surface area contributed by atoms with Crippen molar-refractivity contribution in [1.29, 1.82) is 0 Å². The van der Waals surface area contributed by atoms with Gasteiger partial charge in [0.2, 0.25) is 6.29 Å². The van der Waals surface area contributed by atoms with E-state index in [4.69, 9.17) is 0 Å². The highest BCUT2D eigenvalue weighted by Crippen LogP contribution is 2.22. The third kappa shape index (κ3) is 1.93. The van der Waals surface area contributed by atoms with E-state index in [9.17, 15) is 4.79 Å². The Labute approximate surface area is 88.3 Å². The SMILES string of the molecule is O=[C]c1ccccc1N1CCSCC1. The molecule has 1 aromatic carbocycles. The molecule has 1 heterocycles. The van der Waals surface area contributed by atoms with Crippen LogP contribution in [0.3, 0.4) is 0 Å². The smallest absolute Gasteiger partial charge is 0.235 e. The summed E-state index contributed by atoms with van der Waals surface area (Å²) in [6, 6.07) is 7.67. The van der Waals surface area contributed by atoms with Gasteiger partial charge in [0.25, 0.3) is 0 Å². The third-order valence-electron chi connectivity index (χ3n) is 2.37. The Morgan fingerprint density at radius 2 is 1.93 bits per heavy atom. The molecule has 0 spiro atoms. The van der Waals surface area contributed by atoms with Crippen molar-refractivity contribution < 1.29 is 4.79 Å². The number of thioether (sulfide) groups is 1. The first-order valence-corrected chi connectivity index (χ1v) is 5.87. The topological polar surface area (TPSA) is 20.3 Å². The number of para-hydroxylation sites is 1. The van der Waals surface area contributed by atoms with E-state index in [1.54, 1.807) is 0 Å². The van der Waals surface area contributed by atoms with Crippen LogP contribution in [0.1, 0.15) is 5.56 Å². The minimum atomic E-state index is 0.680. The summed E-state index contributed by atoms with van der Waals surface area (Å²) < 4.78 is 0. The first-order chi connectivity index (χ1) is 6.92. The van der Waals surface area contributed by atoms with Gasteiger partial charge in [-0.15, -0.1) is 0 Å². The van der Waals surface area contributed by atoms with E-state index in [1.807, 2.05) is 42.3 Å². The number of anilines is 1. The van der Waals surface area contributed by atoms with Gasteiger partial charge in [-0.05, 0) is 12.1 Å². The van der Waals surface area contributed by atoms with Gasteiger partial charge in [0, 0.05) is 35.8 Å². The first kappa shape index (κ1) is 9.59. The highest BCUT2D eigenvalue weighted by Gasteiger charge is 2.13. The van der Waals surface area contributed by atoms with Crippen LogP contribution in [0.4, 0.5) is 5.69 Å². The minimum absolute atomic E-state index is 0.680. The van der Waals surface area contributed by atoms with E-state index in [0.717, 1.165) is 30.3 Å². The highest BCUT2D eigenvalue weighted by atomic mass is 32.2. The van der Waals surface area contributed by atoms with Gasteiger partial charge in [-0.3, -0.25) is 4.79 Å². The second-order valence-electron chi connectivity index (χ2n) is 3.22. The van der Waals surface area contributed by atoms with E-state index < -0.39 is 0 Å². The van der Waals surface area contributed by atoms with Crippen molar-refractivity contribution in [3.05, 3.63) is 29.8 Å². The molecule has 1 fully saturated rings. The maximum absolute atomic E-state index is 10.7. The lowest BCUT2D eigenvalue weighted by atomic mass is 10.2. The van der Waals surface area contributed by atoms with Crippen LogP contribution in [0, 0.1) is 0 Å². The molecule has 1 aliphatic rings. The van der Waals surface area contributed by atoms with E-state index in [1.165, 1.54) is 0 Å². The summed E-state index contributed by atoms with van der Waals surface area (Å²) in [4.78, 5) is 13.0. The van der Waals surface area contributed by atoms with Gasteiger partial charge >= 0.3 is 0 Å². The zero-order chi connectivity index (χ0) is 9.80. The molecule has 1 aromatic rings. The van der Waals surface area contributed by atoms with Gasteiger partial charge in [0.1, 0.15) is 0 Å². The van der Waals surface area contributed by atoms with Crippen molar-refractivity contribution in [2.75, 3.05) is 29.5 Å². The average molecular weight is 206 g/mol. The Kier molecular flexibility index (Phi) is 3.09. The minimum Gasteiger partial charge on any atom is -0.369 e. The average Bonchev–Trinajstić information content (AvgIpc) is 2.30. The summed E-state index contributed by atoms with van der Waals surface area (Å²) in [5, 5.41) is 0. The van der Waals surface area contributed by atoms with Crippen molar-refractivity contribution in [2.24, 2.45) is 0 Å². The molecule has 0 saturated carbocycles. The molecule has 73 valence electrons. The van der Waals surface area contributed by atoms with Gasteiger partial charge in [-0.2, -0.15) is 11.8 Å². The third-order valence-corrected chi connectivity index (χ3v) is 3.31. The summed E-state index contributed by atoms with van der Waals surface area (Å²) in [5.74, 6) is 2.29. The molecule has 0 amide bonds. The molecule has 14 heavy (non-hydrogen) atoms. The van der Waals surface area contributed by atoms with E-state index in [2.05, 4.69) is 4.90 Å². The quantitative estimate of drug-likeness (QED) is 0.734. The maximum Gasteiger partial charge on any atom is 0.235 e. The molecular formula is C11H12NOS. The Morgan fingerprint density at radius 1 is 1.21 bits per heavy atom. The fraction of sp³-hybridized carbons (Fsp3) is 0.364. The lowest BCUT2D eigenvalue weighted by Crippen LogP contribution is -2.33. The summed E-state index contributed by atoms with van der Waals surface area (Å²) in [6.07, 6.45) is 1.99. The molecule has 0 N–H and O–H groups in total. The molecule has 2 nitrogen and oxygen atoms in total. The van der Waals surface area contributed by atoms with Crippen LogP contribution in [-0.4, -0.2) is 30.9 Å². The molecule has 0 atom stereocenters. The summed E-state index contributed by atoms with van der Waals surface area (Å²) >= 11 is 1.97. The molecule has 3 heteroatoms. The summed E-state index contributed by atoms with van der Waals surface area (Å²) in [6.45, 7) is 2.06. The second-order valence-corrected chi connectivity index (χ2v) is 4.44. The van der Waals surface area contributed by atoms with Gasteiger partial charge in [-0.25, -0.2) is 0 Å². The van der Waals surface area contributed by atoms with Crippen molar-refractivity contribution in [3.63, 3.8) is 0 Å². The lowest BCUT2D eigenvalue weighted by Gasteiger charge is -2.29. The zero-order valence-electron chi connectivity index (χ0n) is 7.90. The maximum atomic E-state index is 10.7. The fourth-order valence-corrected chi connectivity index (χ4v) is 2.54. The van der Waals surface area contributed by atoms with Crippen LogP contribution in [-0.2, 0) is 4.79 Å². The van der Waals surface area contributed by atoms with Crippen LogP contribution in [0.25, 0.3) is 0 Å². The van der Waals surface area contributed by atoms with Crippen LogP contribution >= 0.6 is 11.8 Å². The number of hydrogen-bond acceptors (Lipinski definition) is 3. The van der Waals surface area contributed by atoms with Crippen LogP contribution < -0.4 is 4.90 Å². The van der Waals surface area contributed by atoms with E-state index in [-0.39, 0.29) is 0 Å². The summed E-state index contributed by atoms with van der Waals surface area (Å²) in [5.41, 5.74) is 1.71. The number of carbonyl (C=O) groups excluding carboxylic acids is 1. The van der Waals surface area contributed by atoms with Crippen LogP contribution in [0.5, 0.6) is 0 Å². The molecule has 0 bridgehead atoms. The predicted molar refractivity (Wildman–Crippen MR) is 60.8 cm³/mol. The standard InChI is InChI=1S/C11H12NOS/c13-9-10-3-1-2-4-11(10)12-5-7-14-8-6-12/h1-4H,5-8H2. The molecule has 1 aliphatic heterocycles. The van der Waals surface area contributed by atoms with Gasteiger partial charge in [-0.1, -0.05) is 12.1 Å². The van der Waals surface area contributed by atoms with Gasteiger partial charge in [0.05, 0.1) is 0 Å². The normalized spacial score (nSPS) is 16.7. The summed E-state index contributed by atoms with van der Waals surface area (Å²) in [7, 11) is 0. The van der Waals surface area contributed by atoms with Crippen molar-refractivity contribution in [2.45, 2.75) is 0 Å². The molecule has 0 aromatic heterocycles. The molecule has 0 unspecified atom stereocenters. The fourth-order valence-electron chi connectivity index (χ4n) is 1.64. The van der Waals surface area contributed by atoms with Gasteiger partial charge in [0.15, 0.2) is 0 Å². The highest BCUT2D eigenvalue weighted by molar-refractivity contribution is 7.99. The molecule has 1 saturated heterocycles. The van der Waals surface area contributed by atoms with Crippen molar-refractivity contribution >= 4 is 23.7 Å². The Bertz CT molecular complexity index is 321. The predicted octanol–water partition coefficient (Wildman–Crippen LogP) is 1.70. The molecule has 0 aliphatic carbocycles. The first-order valence-electron chi connectivity index (χ1n) is 4.71. The number of hydrogen-bond donors (Lipinski definition) is 0. The van der Waals surface area contributed by atoms with E-state index in [0.29, 0.717) is 5.56 Å². The van der Waals surface area contributed by atoms with Crippen molar-refractivity contribution in [1.82, 2.24) is 0 Å². The van der Waals surface area contributed by atoms with Gasteiger partial charge < -0.3 is 4.90 Å². The zero-order valence-corrected chi connectivity index (χ0v) is 8.72. The van der Waals surface area contributed by atoms with Crippen molar-refractivity contribution in [3.8, 4) is 0 Å². The van der Waals surface area contributed by atoms with Crippen LogP contribution in [0.15, 0.2) is 24.3 Å². The number of rotatable bonds is 2.